The molecule has 0 bridgehead atoms. The fourth-order valence-corrected chi connectivity index (χ4v) is 18.8. The third kappa shape index (κ3) is 15.3. The van der Waals surface area contributed by atoms with E-state index in [1.54, 1.807) is 46.4 Å². The van der Waals surface area contributed by atoms with Gasteiger partial charge in [0.2, 0.25) is 0 Å². The second kappa shape index (κ2) is 34.7. The Labute approximate surface area is 762 Å². The van der Waals surface area contributed by atoms with E-state index in [9.17, 15) is 0 Å². The number of rotatable bonds is 12. The molecule has 123 heavy (non-hydrogen) atoms. The van der Waals surface area contributed by atoms with Crippen LogP contribution >= 0.6 is 34.0 Å². The van der Waals surface area contributed by atoms with Crippen LogP contribution in [0.4, 0.5) is 0 Å². The van der Waals surface area contributed by atoms with E-state index >= 15 is 0 Å². The van der Waals surface area contributed by atoms with Crippen LogP contribution in [0.25, 0.3) is 212 Å². The predicted molar refractivity (Wildman–Crippen MR) is 491 cm³/mol. The van der Waals surface area contributed by atoms with Gasteiger partial charge in [0.1, 0.15) is 0 Å². The van der Waals surface area contributed by atoms with Gasteiger partial charge in [-0.25, -0.2) is 0 Å². The molecular weight excluding hydrogens is 2110 g/mol. The van der Waals surface area contributed by atoms with Gasteiger partial charge in [0.05, 0.1) is 16.6 Å². The van der Waals surface area contributed by atoms with Crippen molar-refractivity contribution in [1.82, 2.24) is 58.6 Å². The third-order valence-corrected chi connectivity index (χ3v) is 24.7. The number of nitrogens with zero attached hydrogens (tertiary/aromatic N) is 12. The summed E-state index contributed by atoms with van der Waals surface area (Å²) in [6, 6.07) is 128. The minimum atomic E-state index is 0. The molecule has 12 aromatic heterocycles. The summed E-state index contributed by atoms with van der Waals surface area (Å²) >= 11 is 5.08. The minimum absolute atomic E-state index is 0. The molecule has 12 aromatic carbocycles. The molecule has 0 saturated carbocycles. The fourth-order valence-electron chi connectivity index (χ4n) is 15.9. The van der Waals surface area contributed by atoms with Crippen molar-refractivity contribution in [2.75, 3.05) is 0 Å². The number of hydrogen-bond acceptors (Lipinski definition) is 12. The standard InChI is InChI=1S/3C35H20N4S.3Pt/c1-2-15-33-30(13-1)38-35(40-33)24-16-17-28-32(21-24)39(26-10-5-8-23(20-26)29-12-3-4-19-37-29)31-14-6-11-27(34(28)31)25-9-7-18-36-22-25;1-2-12-34-31(11-1)38-35(40-34)25-13-15-28-29-20-23(26-8-6-17-36-22-26)14-16-32(29)39(33(28)21-25)27-9-5-7-24(19-27)30-10-3-4-18-37-30;1-2-12-34-31(11-1)38-35(40-34)25-14-16-29-28-15-13-23(26-8-6-17-36-22-26)20-32(28)39(33(29)21-25)27-9-5-7-24(19-27)30-10-3-4-18-37-30;;;/h1-19,22H;2*1-18,20,22H;;;/q3*-2;3*+2. The predicted octanol–water partition coefficient (Wildman–Crippen LogP) is 26.3. The maximum Gasteiger partial charge on any atom is 2.00 e. The van der Waals surface area contributed by atoms with Crippen LogP contribution < -0.4 is 0 Å². The SMILES string of the molecule is [Pt+2].[Pt+2].[Pt+2].[c-]1c(-c2ccccn2)cccc1-n1c2[c-]c(-c3nc4ccccc4s3)ccc2c2c(-c3cccnc3)cccc21.[c-]1c(-c2ccccn2)cccc1-n1c2[c-]c(-c3nc4ccccc4s3)ccc2c2cc(-c3cccnc3)ccc21.[c-]1c(-c2ccccn2)cccc1-n1c2[c-]c(-c3nc4ccccc4s3)ccc2c2ccc(-c3cccnc3)cc21. The van der Waals surface area contributed by atoms with Gasteiger partial charge in [0.25, 0.3) is 0 Å². The maximum absolute atomic E-state index is 4.92. The van der Waals surface area contributed by atoms with E-state index < -0.39 is 0 Å². The van der Waals surface area contributed by atoms with Crippen molar-refractivity contribution in [1.29, 1.82) is 0 Å². The van der Waals surface area contributed by atoms with Crippen molar-refractivity contribution in [3.8, 4) is 116 Å². The van der Waals surface area contributed by atoms with E-state index in [0.717, 1.165) is 198 Å². The van der Waals surface area contributed by atoms with Crippen LogP contribution in [-0.4, -0.2) is 58.6 Å². The van der Waals surface area contributed by atoms with E-state index in [0.29, 0.717) is 0 Å². The van der Waals surface area contributed by atoms with Gasteiger partial charge in [0.15, 0.2) is 0 Å². The number of fused-ring (bicyclic) bond motifs is 12. The van der Waals surface area contributed by atoms with E-state index in [2.05, 4.69) is 298 Å². The molecule has 0 aliphatic rings. The maximum atomic E-state index is 4.92. The Morgan fingerprint density at radius 3 is 1.08 bits per heavy atom. The molecule has 12 heterocycles. The van der Waals surface area contributed by atoms with Crippen LogP contribution in [0.5, 0.6) is 0 Å². The van der Waals surface area contributed by atoms with Crippen molar-refractivity contribution < 1.29 is 63.2 Å². The number of benzene rings is 12. The number of hydrogen-bond donors (Lipinski definition) is 0. The molecule has 24 rings (SSSR count). The Morgan fingerprint density at radius 1 is 0.244 bits per heavy atom. The zero-order valence-electron chi connectivity index (χ0n) is 64.7. The van der Waals surface area contributed by atoms with Crippen LogP contribution in [-0.2, 0) is 63.2 Å². The molecule has 12 nitrogen and oxygen atoms in total. The summed E-state index contributed by atoms with van der Waals surface area (Å²) in [7, 11) is 0. The van der Waals surface area contributed by atoms with Crippen LogP contribution in [0.3, 0.4) is 0 Å². The first-order valence-electron chi connectivity index (χ1n) is 39.1. The molecule has 0 atom stereocenters. The first-order valence-corrected chi connectivity index (χ1v) is 41.5. The summed E-state index contributed by atoms with van der Waals surface area (Å²) in [5.41, 5.74) is 27.1. The minimum Gasteiger partial charge on any atom is -0.346 e. The molecule has 0 N–H and O–H groups in total. The van der Waals surface area contributed by atoms with E-state index in [1.165, 1.54) is 14.1 Å². The van der Waals surface area contributed by atoms with Crippen molar-refractivity contribution in [2.45, 2.75) is 0 Å². The van der Waals surface area contributed by atoms with Gasteiger partial charge in [0, 0.05) is 107 Å². The zero-order valence-corrected chi connectivity index (χ0v) is 73.9. The molecule has 588 valence electrons. The summed E-state index contributed by atoms with van der Waals surface area (Å²) in [5.74, 6) is 0. The largest absolute Gasteiger partial charge is 2.00 e. The summed E-state index contributed by atoms with van der Waals surface area (Å²) in [6.07, 6.45) is 16.6. The molecule has 0 aliphatic heterocycles. The third-order valence-electron chi connectivity index (χ3n) is 21.5. The van der Waals surface area contributed by atoms with Crippen LogP contribution in [0, 0.1) is 36.4 Å². The van der Waals surface area contributed by atoms with E-state index in [1.807, 2.05) is 134 Å². The van der Waals surface area contributed by atoms with Gasteiger partial charge in [-0.3, -0.25) is 29.9 Å². The molecule has 18 heteroatoms. The van der Waals surface area contributed by atoms with Crippen LogP contribution in [0.15, 0.2) is 365 Å². The average molecular weight is 2170 g/mol. The van der Waals surface area contributed by atoms with Gasteiger partial charge >= 0.3 is 63.2 Å². The zero-order chi connectivity index (χ0) is 79.4. The summed E-state index contributed by atoms with van der Waals surface area (Å²) < 4.78 is 10.3. The number of para-hydroxylation sites is 3. The molecule has 0 unspecified atom stereocenters. The Morgan fingerprint density at radius 2 is 0.634 bits per heavy atom. The second-order valence-electron chi connectivity index (χ2n) is 28.8. The molecular formula is C105H60N12Pt3S3. The van der Waals surface area contributed by atoms with Crippen molar-refractivity contribution in [3.05, 3.63) is 402 Å². The van der Waals surface area contributed by atoms with Gasteiger partial charge in [-0.1, -0.05) is 144 Å². The monoisotopic (exact) mass is 2170 g/mol. The van der Waals surface area contributed by atoms with Crippen LogP contribution in [0.2, 0.25) is 0 Å². The summed E-state index contributed by atoms with van der Waals surface area (Å²) in [4.78, 5) is 41.5. The Bertz CT molecular complexity index is 7730. The topological polar surface area (TPSA) is 131 Å². The molecule has 24 aromatic rings. The van der Waals surface area contributed by atoms with Gasteiger partial charge in [-0.15, -0.1) is 161 Å². The second-order valence-corrected chi connectivity index (χ2v) is 31.8. The molecule has 0 spiro atoms. The smallest absolute Gasteiger partial charge is 0.346 e. The summed E-state index contributed by atoms with van der Waals surface area (Å²) in [6.45, 7) is 0. The summed E-state index contributed by atoms with van der Waals surface area (Å²) in [5, 5.41) is 9.73. The number of thiazole rings is 3. The first-order chi connectivity index (χ1) is 59.5. The number of pyridine rings is 6. The fraction of sp³-hybridized carbons (Fsp3) is 0. The van der Waals surface area contributed by atoms with Crippen molar-refractivity contribution in [2.24, 2.45) is 0 Å². The van der Waals surface area contributed by atoms with Crippen LogP contribution in [0.1, 0.15) is 0 Å². The van der Waals surface area contributed by atoms with Crippen molar-refractivity contribution in [3.63, 3.8) is 0 Å². The molecule has 0 radical (unpaired) electrons. The van der Waals surface area contributed by atoms with Gasteiger partial charge in [-0.05, 0) is 186 Å². The molecule has 0 aliphatic carbocycles. The Balaban J connectivity index is 0.000000120. The van der Waals surface area contributed by atoms with Gasteiger partial charge < -0.3 is 28.7 Å². The Hall–Kier alpha value is -13.3. The number of aromatic nitrogens is 12. The quantitative estimate of drug-likeness (QED) is 0.110. The molecule has 0 saturated heterocycles. The first kappa shape index (κ1) is 79.5. The average Bonchev–Trinajstić information content (AvgIpc) is 1.59. The molecule has 0 amide bonds. The van der Waals surface area contributed by atoms with Crippen molar-refractivity contribution >= 4 is 130 Å². The normalized spacial score (nSPS) is 11.2. The Kier molecular flexibility index (Phi) is 22.4. The van der Waals surface area contributed by atoms with Gasteiger partial charge in [-0.2, -0.15) is 34.0 Å². The van der Waals surface area contributed by atoms with E-state index in [-0.39, 0.29) is 63.2 Å². The van der Waals surface area contributed by atoms with E-state index in [4.69, 9.17) is 15.0 Å². The molecule has 0 fully saturated rings.